The normalized spacial score (nSPS) is 11.8. The first kappa shape index (κ1) is 12.7. The van der Waals surface area contributed by atoms with Gasteiger partial charge in [-0.15, -0.1) is 0 Å². The highest BCUT2D eigenvalue weighted by Gasteiger charge is 2.26. The van der Waals surface area contributed by atoms with Crippen LogP contribution in [0.15, 0.2) is 22.7 Å². The molecule has 1 aromatic heterocycles. The van der Waals surface area contributed by atoms with Crippen molar-refractivity contribution in [3.05, 3.63) is 35.5 Å². The molecule has 0 radical (unpaired) electrons. The van der Waals surface area contributed by atoms with Crippen molar-refractivity contribution in [3.63, 3.8) is 0 Å². The van der Waals surface area contributed by atoms with Crippen LogP contribution >= 0.6 is 0 Å². The maximum atomic E-state index is 13.2. The predicted octanol–water partition coefficient (Wildman–Crippen LogP) is 2.64. The molecule has 0 unspecified atom stereocenters. The Morgan fingerprint density at radius 3 is 2.72 bits per heavy atom. The Labute approximate surface area is 105 Å². The van der Waals surface area contributed by atoms with E-state index in [-0.39, 0.29) is 5.82 Å². The summed E-state index contributed by atoms with van der Waals surface area (Å²) in [6.07, 6.45) is 0. The lowest BCUT2D eigenvalue weighted by molar-refractivity contribution is 0.281. The van der Waals surface area contributed by atoms with Gasteiger partial charge in [0.25, 0.3) is 0 Å². The van der Waals surface area contributed by atoms with Crippen LogP contribution in [0.4, 0.5) is 4.39 Å². The van der Waals surface area contributed by atoms with Crippen LogP contribution in [-0.2, 0) is 5.54 Å². The van der Waals surface area contributed by atoms with Crippen LogP contribution in [0.25, 0.3) is 11.4 Å². The minimum atomic E-state index is -0.410. The molecule has 2 aromatic rings. The molecule has 1 aromatic carbocycles. The molecule has 0 atom stereocenters. The fourth-order valence-electron chi connectivity index (χ4n) is 1.53. The second-order valence-corrected chi connectivity index (χ2v) is 4.76. The van der Waals surface area contributed by atoms with Crippen LogP contribution in [0.5, 0.6) is 0 Å². The number of aromatic nitrogens is 2. The lowest BCUT2D eigenvalue weighted by Gasteiger charge is -2.17. The van der Waals surface area contributed by atoms with Gasteiger partial charge in [0.1, 0.15) is 5.82 Å². The SMILES string of the molecule is CNC(C)(C)c1nc(-c2cc(F)ccc2C)no1. The summed E-state index contributed by atoms with van der Waals surface area (Å²) in [6, 6.07) is 4.53. The van der Waals surface area contributed by atoms with Gasteiger partial charge in [-0.3, -0.25) is 0 Å². The second kappa shape index (κ2) is 4.49. The van der Waals surface area contributed by atoms with Crippen molar-refractivity contribution in [3.8, 4) is 11.4 Å². The quantitative estimate of drug-likeness (QED) is 0.908. The molecule has 0 aliphatic rings. The maximum absolute atomic E-state index is 13.2. The van der Waals surface area contributed by atoms with E-state index in [1.807, 2.05) is 27.8 Å². The molecular weight excluding hydrogens is 233 g/mol. The highest BCUT2D eigenvalue weighted by atomic mass is 19.1. The second-order valence-electron chi connectivity index (χ2n) is 4.76. The number of hydrogen-bond donors (Lipinski definition) is 1. The van der Waals surface area contributed by atoms with Crippen molar-refractivity contribution < 1.29 is 8.91 Å². The van der Waals surface area contributed by atoms with E-state index in [4.69, 9.17) is 4.52 Å². The van der Waals surface area contributed by atoms with Crippen molar-refractivity contribution in [2.75, 3.05) is 7.05 Å². The van der Waals surface area contributed by atoms with E-state index >= 15 is 0 Å². The maximum Gasteiger partial charge on any atom is 0.246 e. The average molecular weight is 249 g/mol. The monoisotopic (exact) mass is 249 g/mol. The standard InChI is InChI=1S/C13H16FN3O/c1-8-5-6-9(14)7-10(8)11-16-12(18-17-11)13(2,3)15-4/h5-7,15H,1-4H3. The number of rotatable bonds is 3. The Balaban J connectivity index is 2.44. The molecule has 0 amide bonds. The minimum Gasteiger partial charge on any atom is -0.337 e. The largest absolute Gasteiger partial charge is 0.337 e. The third kappa shape index (κ3) is 2.26. The number of hydrogen-bond acceptors (Lipinski definition) is 4. The molecule has 0 bridgehead atoms. The molecule has 1 heterocycles. The number of halogens is 1. The summed E-state index contributed by atoms with van der Waals surface area (Å²) in [6.45, 7) is 5.75. The van der Waals surface area contributed by atoms with Crippen LogP contribution in [-0.4, -0.2) is 17.2 Å². The molecular formula is C13H16FN3O. The molecule has 0 saturated carbocycles. The van der Waals surface area contributed by atoms with Gasteiger partial charge in [-0.1, -0.05) is 11.2 Å². The van der Waals surface area contributed by atoms with E-state index < -0.39 is 5.54 Å². The molecule has 4 nitrogen and oxygen atoms in total. The van der Waals surface area contributed by atoms with E-state index in [0.29, 0.717) is 17.3 Å². The number of benzene rings is 1. The molecule has 5 heteroatoms. The van der Waals surface area contributed by atoms with Gasteiger partial charge in [-0.25, -0.2) is 4.39 Å². The van der Waals surface area contributed by atoms with Gasteiger partial charge in [-0.05, 0) is 45.5 Å². The first-order chi connectivity index (χ1) is 8.44. The van der Waals surface area contributed by atoms with Gasteiger partial charge < -0.3 is 9.84 Å². The van der Waals surface area contributed by atoms with Gasteiger partial charge in [-0.2, -0.15) is 4.98 Å². The van der Waals surface area contributed by atoms with Gasteiger partial charge in [0.05, 0.1) is 5.54 Å². The van der Waals surface area contributed by atoms with Crippen molar-refractivity contribution in [1.82, 2.24) is 15.5 Å². The average Bonchev–Trinajstić information content (AvgIpc) is 2.82. The van der Waals surface area contributed by atoms with E-state index in [1.54, 1.807) is 6.07 Å². The van der Waals surface area contributed by atoms with Gasteiger partial charge in [0, 0.05) is 5.56 Å². The molecule has 1 N–H and O–H groups in total. The highest BCUT2D eigenvalue weighted by Crippen LogP contribution is 2.24. The van der Waals surface area contributed by atoms with Crippen LogP contribution in [0.2, 0.25) is 0 Å². The van der Waals surface area contributed by atoms with E-state index in [2.05, 4.69) is 15.5 Å². The summed E-state index contributed by atoms with van der Waals surface area (Å²) in [5.41, 5.74) is 1.15. The predicted molar refractivity (Wildman–Crippen MR) is 66.5 cm³/mol. The lowest BCUT2D eigenvalue weighted by atomic mass is 10.1. The van der Waals surface area contributed by atoms with Crippen molar-refractivity contribution in [1.29, 1.82) is 0 Å². The molecule has 96 valence electrons. The fraction of sp³-hybridized carbons (Fsp3) is 0.385. The van der Waals surface area contributed by atoms with E-state index in [9.17, 15) is 4.39 Å². The zero-order valence-corrected chi connectivity index (χ0v) is 10.9. The van der Waals surface area contributed by atoms with Crippen LogP contribution in [0.1, 0.15) is 25.3 Å². The lowest BCUT2D eigenvalue weighted by Crippen LogP contribution is -2.33. The summed E-state index contributed by atoms with van der Waals surface area (Å²) in [7, 11) is 1.82. The Hall–Kier alpha value is -1.75. The Kier molecular flexibility index (Phi) is 3.17. The Bertz CT molecular complexity index is 563. The van der Waals surface area contributed by atoms with Crippen molar-refractivity contribution in [2.24, 2.45) is 0 Å². The third-order valence-electron chi connectivity index (χ3n) is 3.03. The minimum absolute atomic E-state index is 0.310. The number of aryl methyl sites for hydroxylation is 1. The topological polar surface area (TPSA) is 51.0 Å². The summed E-state index contributed by atoms with van der Waals surface area (Å²) >= 11 is 0. The molecule has 18 heavy (non-hydrogen) atoms. The van der Waals surface area contributed by atoms with Gasteiger partial charge in [0.2, 0.25) is 11.7 Å². The highest BCUT2D eigenvalue weighted by molar-refractivity contribution is 5.59. The number of nitrogens with zero attached hydrogens (tertiary/aromatic N) is 2. The summed E-state index contributed by atoms with van der Waals surface area (Å²) < 4.78 is 18.5. The molecule has 2 rings (SSSR count). The van der Waals surface area contributed by atoms with E-state index in [0.717, 1.165) is 5.56 Å². The van der Waals surface area contributed by atoms with Crippen molar-refractivity contribution in [2.45, 2.75) is 26.3 Å². The third-order valence-corrected chi connectivity index (χ3v) is 3.03. The van der Waals surface area contributed by atoms with E-state index in [1.165, 1.54) is 12.1 Å². The van der Waals surface area contributed by atoms with Crippen LogP contribution in [0, 0.1) is 12.7 Å². The zero-order chi connectivity index (χ0) is 13.3. The summed E-state index contributed by atoms with van der Waals surface area (Å²) in [5, 5.41) is 6.99. The Morgan fingerprint density at radius 1 is 1.33 bits per heavy atom. The molecule has 0 aliphatic heterocycles. The van der Waals surface area contributed by atoms with Crippen LogP contribution < -0.4 is 5.32 Å². The van der Waals surface area contributed by atoms with Gasteiger partial charge in [0.15, 0.2) is 0 Å². The smallest absolute Gasteiger partial charge is 0.246 e. The van der Waals surface area contributed by atoms with Crippen LogP contribution in [0.3, 0.4) is 0 Å². The van der Waals surface area contributed by atoms with Crippen molar-refractivity contribution >= 4 is 0 Å². The molecule has 0 saturated heterocycles. The first-order valence-corrected chi connectivity index (χ1v) is 5.73. The summed E-state index contributed by atoms with van der Waals surface area (Å²) in [5.74, 6) is 0.573. The molecule has 0 fully saturated rings. The fourth-order valence-corrected chi connectivity index (χ4v) is 1.53. The summed E-state index contributed by atoms with van der Waals surface area (Å²) in [4.78, 5) is 4.32. The van der Waals surface area contributed by atoms with Gasteiger partial charge >= 0.3 is 0 Å². The molecule has 0 spiro atoms. The number of nitrogens with one attached hydrogen (secondary N) is 1. The molecule has 0 aliphatic carbocycles. The zero-order valence-electron chi connectivity index (χ0n) is 10.9. The Morgan fingerprint density at radius 2 is 2.06 bits per heavy atom. The first-order valence-electron chi connectivity index (χ1n) is 5.73.